The molecule has 0 fully saturated rings. The van der Waals surface area contributed by atoms with E-state index in [9.17, 15) is 4.79 Å². The Hall–Kier alpha value is -1.29. The monoisotopic (exact) mass is 160 g/mol. The standard InChI is InChI=1S/C11H12O/c1-10(8-9-12)6-7-11-4-2-3-5-11/h4,8-9H,2-3,5H2,1H3/b10-8+. The molecular formula is C11H12O. The van der Waals surface area contributed by atoms with Crippen molar-refractivity contribution in [2.24, 2.45) is 0 Å². The lowest BCUT2D eigenvalue weighted by Gasteiger charge is -1.85. The Kier molecular flexibility index (Phi) is 3.35. The molecular weight excluding hydrogens is 148 g/mol. The van der Waals surface area contributed by atoms with E-state index in [-0.39, 0.29) is 0 Å². The molecule has 1 nitrogen and oxygen atoms in total. The number of carbonyl (C=O) groups excluding carboxylic acids is 1. The molecule has 0 bridgehead atoms. The van der Waals surface area contributed by atoms with Crippen molar-refractivity contribution >= 4 is 6.29 Å². The summed E-state index contributed by atoms with van der Waals surface area (Å²) in [6.45, 7) is 1.84. The van der Waals surface area contributed by atoms with Gasteiger partial charge >= 0.3 is 0 Å². The van der Waals surface area contributed by atoms with Crippen molar-refractivity contribution in [1.82, 2.24) is 0 Å². The fourth-order valence-corrected chi connectivity index (χ4v) is 1.11. The van der Waals surface area contributed by atoms with Crippen LogP contribution >= 0.6 is 0 Å². The van der Waals surface area contributed by atoms with Crippen molar-refractivity contribution < 1.29 is 4.79 Å². The molecule has 1 rings (SSSR count). The van der Waals surface area contributed by atoms with E-state index in [1.165, 1.54) is 18.1 Å². The van der Waals surface area contributed by atoms with Gasteiger partial charge in [-0.25, -0.2) is 0 Å². The number of carbonyl (C=O) groups is 1. The highest BCUT2D eigenvalue weighted by atomic mass is 16.1. The molecule has 1 heteroatoms. The molecule has 0 saturated carbocycles. The molecule has 0 N–H and O–H groups in total. The molecule has 0 spiro atoms. The minimum absolute atomic E-state index is 0.771. The third-order valence-corrected chi connectivity index (χ3v) is 1.78. The summed E-state index contributed by atoms with van der Waals surface area (Å²) in [5, 5.41) is 0. The van der Waals surface area contributed by atoms with Crippen molar-refractivity contribution in [3.63, 3.8) is 0 Å². The maximum absolute atomic E-state index is 10.1. The van der Waals surface area contributed by atoms with Gasteiger partial charge in [-0.05, 0) is 37.8 Å². The van der Waals surface area contributed by atoms with Gasteiger partial charge in [0.2, 0.25) is 0 Å². The Morgan fingerprint density at radius 3 is 3.08 bits per heavy atom. The minimum Gasteiger partial charge on any atom is -0.299 e. The van der Waals surface area contributed by atoms with Crippen molar-refractivity contribution in [2.75, 3.05) is 0 Å². The Balaban J connectivity index is 2.57. The van der Waals surface area contributed by atoms with Crippen LogP contribution in [-0.4, -0.2) is 6.29 Å². The minimum atomic E-state index is 0.771. The van der Waals surface area contributed by atoms with Gasteiger partial charge < -0.3 is 0 Å². The highest BCUT2D eigenvalue weighted by Crippen LogP contribution is 2.16. The Morgan fingerprint density at radius 2 is 2.50 bits per heavy atom. The van der Waals surface area contributed by atoms with Crippen LogP contribution in [0.2, 0.25) is 0 Å². The second kappa shape index (κ2) is 4.56. The number of hydrogen-bond acceptors (Lipinski definition) is 1. The molecule has 12 heavy (non-hydrogen) atoms. The summed E-state index contributed by atoms with van der Waals surface area (Å²) in [4.78, 5) is 10.1. The van der Waals surface area contributed by atoms with Crippen LogP contribution in [0.25, 0.3) is 0 Å². The van der Waals surface area contributed by atoms with Gasteiger partial charge in [0.05, 0.1) is 0 Å². The van der Waals surface area contributed by atoms with Crippen LogP contribution in [0.15, 0.2) is 23.3 Å². The Morgan fingerprint density at radius 1 is 1.67 bits per heavy atom. The lowest BCUT2D eigenvalue weighted by Crippen LogP contribution is -1.73. The smallest absolute Gasteiger partial charge is 0.143 e. The molecule has 62 valence electrons. The summed E-state index contributed by atoms with van der Waals surface area (Å²) in [6, 6.07) is 0. The van der Waals surface area contributed by atoms with Gasteiger partial charge in [0.25, 0.3) is 0 Å². The molecule has 1 aliphatic rings. The summed E-state index contributed by atoms with van der Waals surface area (Å²) in [7, 11) is 0. The van der Waals surface area contributed by atoms with Gasteiger partial charge in [-0.1, -0.05) is 17.9 Å². The largest absolute Gasteiger partial charge is 0.299 e. The van der Waals surface area contributed by atoms with E-state index in [0.717, 1.165) is 24.7 Å². The average molecular weight is 160 g/mol. The molecule has 0 unspecified atom stereocenters. The van der Waals surface area contributed by atoms with E-state index in [0.29, 0.717) is 0 Å². The number of aldehydes is 1. The van der Waals surface area contributed by atoms with Crippen LogP contribution in [0.4, 0.5) is 0 Å². The number of hydrogen-bond donors (Lipinski definition) is 0. The highest BCUT2D eigenvalue weighted by molar-refractivity contribution is 5.67. The lowest BCUT2D eigenvalue weighted by molar-refractivity contribution is -0.104. The van der Waals surface area contributed by atoms with Gasteiger partial charge in [-0.2, -0.15) is 0 Å². The van der Waals surface area contributed by atoms with Crippen molar-refractivity contribution in [3.8, 4) is 11.8 Å². The molecule has 0 aliphatic heterocycles. The molecule has 0 aromatic rings. The topological polar surface area (TPSA) is 17.1 Å². The van der Waals surface area contributed by atoms with Crippen LogP contribution in [0, 0.1) is 11.8 Å². The third-order valence-electron chi connectivity index (χ3n) is 1.78. The van der Waals surface area contributed by atoms with Crippen LogP contribution in [0.3, 0.4) is 0 Å². The molecule has 0 heterocycles. The molecule has 0 amide bonds. The summed E-state index contributed by atoms with van der Waals surface area (Å²) >= 11 is 0. The predicted molar refractivity (Wildman–Crippen MR) is 49.5 cm³/mol. The van der Waals surface area contributed by atoms with Crippen LogP contribution in [0.1, 0.15) is 26.2 Å². The molecule has 0 radical (unpaired) electrons. The maximum Gasteiger partial charge on any atom is 0.143 e. The zero-order valence-electron chi connectivity index (χ0n) is 7.26. The second-order valence-electron chi connectivity index (χ2n) is 2.86. The summed E-state index contributed by atoms with van der Waals surface area (Å²) < 4.78 is 0. The van der Waals surface area contributed by atoms with Crippen LogP contribution in [0.5, 0.6) is 0 Å². The first kappa shape index (κ1) is 8.80. The summed E-state index contributed by atoms with van der Waals surface area (Å²) in [6.07, 6.45) is 7.90. The maximum atomic E-state index is 10.1. The van der Waals surface area contributed by atoms with E-state index < -0.39 is 0 Å². The van der Waals surface area contributed by atoms with Gasteiger partial charge in [-0.3, -0.25) is 4.79 Å². The predicted octanol–water partition coefficient (Wildman–Crippen LogP) is 2.25. The van der Waals surface area contributed by atoms with Crippen LogP contribution < -0.4 is 0 Å². The highest BCUT2D eigenvalue weighted by Gasteiger charge is 1.99. The molecule has 0 saturated heterocycles. The quantitative estimate of drug-likeness (QED) is 0.326. The van der Waals surface area contributed by atoms with Crippen molar-refractivity contribution in [3.05, 3.63) is 23.3 Å². The van der Waals surface area contributed by atoms with Crippen molar-refractivity contribution in [2.45, 2.75) is 26.2 Å². The Bertz CT molecular complexity index is 278. The van der Waals surface area contributed by atoms with E-state index in [4.69, 9.17) is 0 Å². The van der Waals surface area contributed by atoms with E-state index in [1.807, 2.05) is 6.92 Å². The van der Waals surface area contributed by atoms with Gasteiger partial charge in [0.15, 0.2) is 0 Å². The SMILES string of the molecule is C/C(C#CC1=CCCC1)=C\C=O. The van der Waals surface area contributed by atoms with Gasteiger partial charge in [0, 0.05) is 5.57 Å². The first-order chi connectivity index (χ1) is 5.83. The second-order valence-corrected chi connectivity index (χ2v) is 2.86. The van der Waals surface area contributed by atoms with E-state index in [1.54, 1.807) is 0 Å². The Labute approximate surface area is 73.2 Å². The summed E-state index contributed by atoms with van der Waals surface area (Å²) in [5.74, 6) is 5.99. The van der Waals surface area contributed by atoms with E-state index in [2.05, 4.69) is 17.9 Å². The molecule has 0 aromatic heterocycles. The third kappa shape index (κ3) is 2.75. The van der Waals surface area contributed by atoms with E-state index >= 15 is 0 Å². The first-order valence-electron chi connectivity index (χ1n) is 4.16. The molecule has 1 aliphatic carbocycles. The fraction of sp³-hybridized carbons (Fsp3) is 0.364. The first-order valence-corrected chi connectivity index (χ1v) is 4.16. The van der Waals surface area contributed by atoms with Crippen molar-refractivity contribution in [1.29, 1.82) is 0 Å². The average Bonchev–Trinajstić information content (AvgIpc) is 2.53. The molecule has 0 atom stereocenters. The fourth-order valence-electron chi connectivity index (χ4n) is 1.11. The normalized spacial score (nSPS) is 16.4. The van der Waals surface area contributed by atoms with Gasteiger partial charge in [-0.15, -0.1) is 0 Å². The lowest BCUT2D eigenvalue weighted by atomic mass is 10.2. The van der Waals surface area contributed by atoms with Gasteiger partial charge in [0.1, 0.15) is 6.29 Å². The summed E-state index contributed by atoms with van der Waals surface area (Å²) in [5.41, 5.74) is 2.05. The molecule has 0 aromatic carbocycles. The zero-order valence-corrected chi connectivity index (χ0v) is 7.26. The number of rotatable bonds is 1. The van der Waals surface area contributed by atoms with Crippen LogP contribution in [-0.2, 0) is 4.79 Å². The zero-order chi connectivity index (χ0) is 8.81. The number of allylic oxidation sites excluding steroid dienone is 4.